The molecule has 148 valence electrons. The Morgan fingerprint density at radius 3 is 2.75 bits per heavy atom. The van der Waals surface area contributed by atoms with Crippen molar-refractivity contribution in [3.05, 3.63) is 35.7 Å². The number of rotatable bonds is 5. The number of benzene rings is 1. The molecule has 0 unspecified atom stereocenters. The fraction of sp³-hybridized carbons (Fsp3) is 0.368. The van der Waals surface area contributed by atoms with E-state index in [1.54, 1.807) is 20.8 Å². The Bertz CT molecular complexity index is 874. The number of aromatic nitrogens is 1. The first-order valence-corrected chi connectivity index (χ1v) is 9.70. The number of thiazole rings is 1. The Morgan fingerprint density at radius 1 is 1.29 bits per heavy atom. The van der Waals surface area contributed by atoms with E-state index in [1.807, 2.05) is 35.7 Å². The van der Waals surface area contributed by atoms with E-state index in [0.717, 1.165) is 11.3 Å². The molecule has 1 aliphatic heterocycles. The van der Waals surface area contributed by atoms with Crippen molar-refractivity contribution < 1.29 is 19.2 Å². The van der Waals surface area contributed by atoms with Crippen LogP contribution in [0.5, 0.6) is 0 Å². The highest BCUT2D eigenvalue weighted by Crippen LogP contribution is 2.25. The third-order valence-electron chi connectivity index (χ3n) is 3.66. The summed E-state index contributed by atoms with van der Waals surface area (Å²) >= 11 is 1.34. The number of alkyl carbamates (subject to hydrolysis) is 1. The summed E-state index contributed by atoms with van der Waals surface area (Å²) in [6, 6.07) is 9.71. The van der Waals surface area contributed by atoms with Gasteiger partial charge in [0.2, 0.25) is 0 Å². The summed E-state index contributed by atoms with van der Waals surface area (Å²) in [5.41, 5.74) is 1.46. The Kier molecular flexibility index (Phi) is 5.93. The highest BCUT2D eigenvalue weighted by molar-refractivity contribution is 7.14. The van der Waals surface area contributed by atoms with Gasteiger partial charge in [-0.05, 0) is 20.8 Å². The van der Waals surface area contributed by atoms with E-state index < -0.39 is 17.8 Å². The lowest BCUT2D eigenvalue weighted by molar-refractivity contribution is -0.110. The van der Waals surface area contributed by atoms with Crippen LogP contribution in [-0.4, -0.2) is 40.9 Å². The predicted molar refractivity (Wildman–Crippen MR) is 107 cm³/mol. The second-order valence-corrected chi connectivity index (χ2v) is 8.07. The van der Waals surface area contributed by atoms with Crippen molar-refractivity contribution in [2.24, 2.45) is 5.16 Å². The lowest BCUT2D eigenvalue weighted by Gasteiger charge is -2.20. The molecule has 0 radical (unpaired) electrons. The van der Waals surface area contributed by atoms with Crippen LogP contribution in [0.4, 0.5) is 9.93 Å². The van der Waals surface area contributed by atoms with Crippen LogP contribution in [0.15, 0.2) is 40.9 Å². The van der Waals surface area contributed by atoms with Crippen LogP contribution >= 0.6 is 11.3 Å². The minimum absolute atomic E-state index is 0.199. The number of nitrogens with zero attached hydrogens (tertiary/aromatic N) is 2. The second kappa shape index (κ2) is 8.39. The molecule has 2 heterocycles. The lowest BCUT2D eigenvalue weighted by Crippen LogP contribution is -2.37. The number of hydrogen-bond acceptors (Lipinski definition) is 7. The molecular weight excluding hydrogens is 380 g/mol. The molecule has 3 rings (SSSR count). The summed E-state index contributed by atoms with van der Waals surface area (Å²) < 4.78 is 5.16. The molecule has 0 saturated carbocycles. The molecule has 0 bridgehead atoms. The predicted octanol–water partition coefficient (Wildman–Crippen LogP) is 3.42. The largest absolute Gasteiger partial charge is 0.444 e. The van der Waals surface area contributed by atoms with Gasteiger partial charge in [-0.2, -0.15) is 0 Å². The summed E-state index contributed by atoms with van der Waals surface area (Å²) in [6.45, 7) is 5.55. The minimum Gasteiger partial charge on any atom is -0.444 e. The zero-order chi connectivity index (χ0) is 20.1. The molecule has 28 heavy (non-hydrogen) atoms. The molecule has 2 N–H and O–H groups in total. The van der Waals surface area contributed by atoms with Crippen LogP contribution in [0.1, 0.15) is 27.2 Å². The maximum absolute atomic E-state index is 12.4. The Morgan fingerprint density at radius 2 is 2.04 bits per heavy atom. The van der Waals surface area contributed by atoms with Gasteiger partial charge in [-0.15, -0.1) is 11.3 Å². The average molecular weight is 402 g/mol. The Hall–Kier alpha value is -2.94. The number of anilines is 1. The van der Waals surface area contributed by atoms with Gasteiger partial charge in [0.05, 0.1) is 12.2 Å². The number of oxime groups is 1. The molecule has 8 nitrogen and oxygen atoms in total. The summed E-state index contributed by atoms with van der Waals surface area (Å²) in [4.78, 5) is 33.7. The third-order valence-corrected chi connectivity index (χ3v) is 4.42. The van der Waals surface area contributed by atoms with Crippen LogP contribution in [0, 0.1) is 0 Å². The molecule has 9 heteroatoms. The van der Waals surface area contributed by atoms with Gasteiger partial charge < -0.3 is 14.9 Å². The van der Waals surface area contributed by atoms with Crippen molar-refractivity contribution in [2.75, 3.05) is 11.9 Å². The van der Waals surface area contributed by atoms with E-state index in [-0.39, 0.29) is 18.2 Å². The Labute approximate surface area is 166 Å². The lowest BCUT2D eigenvalue weighted by atomic mass is 10.1. The third kappa shape index (κ3) is 5.53. The van der Waals surface area contributed by atoms with Crippen LogP contribution in [-0.2, 0) is 14.4 Å². The zero-order valence-electron chi connectivity index (χ0n) is 15.9. The molecule has 0 fully saturated rings. The highest BCUT2D eigenvalue weighted by atomic mass is 32.1. The maximum Gasteiger partial charge on any atom is 0.407 e. The molecule has 1 aromatic heterocycles. The van der Waals surface area contributed by atoms with Gasteiger partial charge in [-0.3, -0.25) is 10.1 Å². The van der Waals surface area contributed by atoms with E-state index in [4.69, 9.17) is 9.57 Å². The molecule has 2 amide bonds. The molecule has 0 aliphatic carbocycles. The fourth-order valence-corrected chi connectivity index (χ4v) is 3.14. The quantitative estimate of drug-likeness (QED) is 0.798. The SMILES string of the molecule is CC(C)(C)OC(=O)NC[C@H]1CC(C(=O)Nc2nc(-c3ccccc3)cs2)=NO1. The first-order chi connectivity index (χ1) is 13.3. The van der Waals surface area contributed by atoms with E-state index in [0.29, 0.717) is 11.6 Å². The summed E-state index contributed by atoms with van der Waals surface area (Å²) in [7, 11) is 0. The molecule has 0 saturated heterocycles. The van der Waals surface area contributed by atoms with Gasteiger partial charge in [-0.1, -0.05) is 35.5 Å². The first-order valence-electron chi connectivity index (χ1n) is 8.82. The van der Waals surface area contributed by atoms with Crippen molar-refractivity contribution in [3.63, 3.8) is 0 Å². The van der Waals surface area contributed by atoms with Crippen molar-refractivity contribution in [3.8, 4) is 11.3 Å². The number of hydrogen-bond donors (Lipinski definition) is 2. The molecule has 1 aliphatic rings. The number of carbonyl (C=O) groups excluding carboxylic acids is 2. The monoisotopic (exact) mass is 402 g/mol. The number of ether oxygens (including phenoxy) is 1. The van der Waals surface area contributed by atoms with Gasteiger partial charge in [0, 0.05) is 17.4 Å². The van der Waals surface area contributed by atoms with Gasteiger partial charge in [0.1, 0.15) is 11.3 Å². The van der Waals surface area contributed by atoms with Crippen molar-refractivity contribution in [2.45, 2.75) is 38.9 Å². The summed E-state index contributed by atoms with van der Waals surface area (Å²) in [6.07, 6.45) is -0.659. The van der Waals surface area contributed by atoms with Crippen LogP contribution < -0.4 is 10.6 Å². The van der Waals surface area contributed by atoms with Crippen molar-refractivity contribution in [1.29, 1.82) is 0 Å². The zero-order valence-corrected chi connectivity index (χ0v) is 16.7. The van der Waals surface area contributed by atoms with E-state index in [9.17, 15) is 9.59 Å². The summed E-state index contributed by atoms with van der Waals surface area (Å²) in [5, 5.41) is 11.5. The number of nitrogens with one attached hydrogen (secondary N) is 2. The van der Waals surface area contributed by atoms with E-state index >= 15 is 0 Å². The average Bonchev–Trinajstić information content (AvgIpc) is 3.29. The number of carbonyl (C=O) groups is 2. The molecular formula is C19H22N4O4S. The minimum atomic E-state index is -0.575. The standard InChI is InChI=1S/C19H22N4O4S/c1-19(2,3)26-18(25)20-10-13-9-14(23-27-13)16(24)22-17-21-15(11-28-17)12-7-5-4-6-8-12/h4-8,11,13H,9-10H2,1-3H3,(H,20,25)(H,21,22,24)/t13-/m1/s1. The van der Waals surface area contributed by atoms with Crippen LogP contribution in [0.2, 0.25) is 0 Å². The van der Waals surface area contributed by atoms with Crippen molar-refractivity contribution in [1.82, 2.24) is 10.3 Å². The van der Waals surface area contributed by atoms with Crippen LogP contribution in [0.3, 0.4) is 0 Å². The first kappa shape index (κ1) is 19.8. The van der Waals surface area contributed by atoms with Gasteiger partial charge in [0.25, 0.3) is 5.91 Å². The fourth-order valence-electron chi connectivity index (χ4n) is 2.43. The second-order valence-electron chi connectivity index (χ2n) is 7.21. The highest BCUT2D eigenvalue weighted by Gasteiger charge is 2.27. The summed E-state index contributed by atoms with van der Waals surface area (Å²) in [5.74, 6) is -0.367. The van der Waals surface area contributed by atoms with Gasteiger partial charge in [0.15, 0.2) is 11.2 Å². The molecule has 1 aromatic carbocycles. The normalized spacial score (nSPS) is 16.1. The van der Waals surface area contributed by atoms with Gasteiger partial charge >= 0.3 is 6.09 Å². The van der Waals surface area contributed by atoms with E-state index in [2.05, 4.69) is 20.8 Å². The molecule has 1 atom stereocenters. The topological polar surface area (TPSA) is 102 Å². The smallest absolute Gasteiger partial charge is 0.407 e. The van der Waals surface area contributed by atoms with E-state index in [1.165, 1.54) is 11.3 Å². The molecule has 2 aromatic rings. The Balaban J connectivity index is 1.47. The van der Waals surface area contributed by atoms with Crippen molar-refractivity contribution >= 4 is 34.2 Å². The number of amides is 2. The molecule has 0 spiro atoms. The maximum atomic E-state index is 12.4. The van der Waals surface area contributed by atoms with Gasteiger partial charge in [-0.25, -0.2) is 9.78 Å². The van der Waals surface area contributed by atoms with Crippen LogP contribution in [0.25, 0.3) is 11.3 Å².